The Morgan fingerprint density at radius 1 is 1.29 bits per heavy atom. The molecule has 0 rings (SSSR count). The molecule has 0 spiro atoms. The number of nitrogens with zero attached hydrogens (tertiary/aromatic N) is 1. The van der Waals surface area contributed by atoms with Crippen LogP contribution in [0, 0.1) is 0 Å². The number of rotatable bonds is 7. The van der Waals surface area contributed by atoms with Gasteiger partial charge in [-0.15, -0.1) is 0 Å². The molecule has 4 N–H and O–H groups in total. The second kappa shape index (κ2) is 8.63. The van der Waals surface area contributed by atoms with Gasteiger partial charge in [-0.3, -0.25) is 0 Å². The minimum atomic E-state index is 0.743. The molecule has 14 heavy (non-hydrogen) atoms. The van der Waals surface area contributed by atoms with Crippen LogP contribution >= 0.6 is 0 Å². The number of hydrogen-bond acceptors (Lipinski definition) is 3. The zero-order chi connectivity index (χ0) is 10.8. The van der Waals surface area contributed by atoms with Crippen molar-refractivity contribution in [3.63, 3.8) is 0 Å². The van der Waals surface area contributed by atoms with Crippen molar-refractivity contribution in [1.29, 1.82) is 0 Å². The van der Waals surface area contributed by atoms with E-state index in [0.717, 1.165) is 38.2 Å². The molecular formula is C11H23N3. The zero-order valence-electron chi connectivity index (χ0n) is 9.37. The first-order chi connectivity index (χ1) is 6.74. The van der Waals surface area contributed by atoms with E-state index in [4.69, 9.17) is 11.5 Å². The highest BCUT2D eigenvalue weighted by Crippen LogP contribution is 1.99. The lowest BCUT2D eigenvalue weighted by Gasteiger charge is -2.19. The summed E-state index contributed by atoms with van der Waals surface area (Å²) in [5.74, 6) is 0. The molecule has 0 fully saturated rings. The lowest BCUT2D eigenvalue weighted by molar-refractivity contribution is 0.374. The first-order valence-corrected chi connectivity index (χ1v) is 5.22. The highest BCUT2D eigenvalue weighted by molar-refractivity contribution is 4.95. The number of hydrogen-bond donors (Lipinski definition) is 2. The Morgan fingerprint density at radius 3 is 2.50 bits per heavy atom. The molecule has 0 saturated heterocycles. The molecule has 0 aliphatic carbocycles. The highest BCUT2D eigenvalue weighted by Gasteiger charge is 1.98. The van der Waals surface area contributed by atoms with E-state index in [9.17, 15) is 0 Å². The van der Waals surface area contributed by atoms with E-state index in [-0.39, 0.29) is 0 Å². The summed E-state index contributed by atoms with van der Waals surface area (Å²) >= 11 is 0. The third-order valence-electron chi connectivity index (χ3n) is 2.07. The molecule has 0 heterocycles. The Labute approximate surface area is 87.4 Å². The van der Waals surface area contributed by atoms with Crippen LogP contribution in [0.4, 0.5) is 0 Å². The molecule has 0 aromatic heterocycles. The second-order valence-corrected chi connectivity index (χ2v) is 3.27. The van der Waals surface area contributed by atoms with Crippen LogP contribution in [0.1, 0.15) is 26.7 Å². The molecule has 0 aliphatic heterocycles. The summed E-state index contributed by atoms with van der Waals surface area (Å²) in [6.07, 6.45) is 8.04. The minimum absolute atomic E-state index is 0.743. The van der Waals surface area contributed by atoms with Gasteiger partial charge in [0, 0.05) is 25.2 Å². The van der Waals surface area contributed by atoms with Crippen molar-refractivity contribution in [2.45, 2.75) is 26.7 Å². The molecular weight excluding hydrogens is 174 g/mol. The molecule has 82 valence electrons. The molecule has 0 radical (unpaired) electrons. The Kier molecular flexibility index (Phi) is 8.04. The summed E-state index contributed by atoms with van der Waals surface area (Å²) in [4.78, 5) is 2.25. The number of nitrogens with two attached hydrogens (primary N) is 2. The van der Waals surface area contributed by atoms with Gasteiger partial charge in [-0.25, -0.2) is 0 Å². The third-order valence-corrected chi connectivity index (χ3v) is 2.07. The Bertz CT molecular complexity index is 185. The van der Waals surface area contributed by atoms with Gasteiger partial charge in [0.05, 0.1) is 0 Å². The lowest BCUT2D eigenvalue weighted by atomic mass is 10.3. The van der Waals surface area contributed by atoms with Gasteiger partial charge in [0.2, 0.25) is 0 Å². The van der Waals surface area contributed by atoms with Gasteiger partial charge in [0.25, 0.3) is 0 Å². The Hall–Kier alpha value is -0.960. The van der Waals surface area contributed by atoms with Crippen LogP contribution in [0.5, 0.6) is 0 Å². The van der Waals surface area contributed by atoms with E-state index in [1.807, 2.05) is 26.0 Å². The van der Waals surface area contributed by atoms with Crippen molar-refractivity contribution in [2.75, 3.05) is 19.6 Å². The topological polar surface area (TPSA) is 55.3 Å². The lowest BCUT2D eigenvalue weighted by Crippen LogP contribution is -2.23. The van der Waals surface area contributed by atoms with Crippen molar-refractivity contribution in [3.8, 4) is 0 Å². The monoisotopic (exact) mass is 197 g/mol. The van der Waals surface area contributed by atoms with Gasteiger partial charge in [0.1, 0.15) is 0 Å². The summed E-state index contributed by atoms with van der Waals surface area (Å²) in [5, 5.41) is 0. The van der Waals surface area contributed by atoms with Crippen LogP contribution in [0.25, 0.3) is 0 Å². The standard InChI is InChI=1S/C11H23N3/c1-3-8-14(9-5-7-12)10-6-11(13)4-2/h3-4,8H,5-7,9-10,12-13H2,1-2H3. The van der Waals surface area contributed by atoms with E-state index in [1.54, 1.807) is 0 Å². The van der Waals surface area contributed by atoms with Crippen LogP contribution in [-0.4, -0.2) is 24.5 Å². The maximum atomic E-state index is 5.73. The minimum Gasteiger partial charge on any atom is -0.402 e. The Morgan fingerprint density at radius 2 is 2.00 bits per heavy atom. The second-order valence-electron chi connectivity index (χ2n) is 3.27. The van der Waals surface area contributed by atoms with Crippen LogP contribution in [0.3, 0.4) is 0 Å². The van der Waals surface area contributed by atoms with Gasteiger partial charge in [0.15, 0.2) is 0 Å². The maximum absolute atomic E-state index is 5.73. The van der Waals surface area contributed by atoms with Crippen LogP contribution < -0.4 is 11.5 Å². The van der Waals surface area contributed by atoms with E-state index in [0.29, 0.717) is 0 Å². The summed E-state index contributed by atoms with van der Waals surface area (Å²) in [7, 11) is 0. The van der Waals surface area contributed by atoms with E-state index in [2.05, 4.69) is 11.1 Å². The SMILES string of the molecule is CC=CN(CCCN)CCC(N)=CC. The predicted octanol–water partition coefficient (Wildman–Crippen LogP) is 1.42. The fraction of sp³-hybridized carbons (Fsp3) is 0.636. The number of allylic oxidation sites excluding steroid dienone is 2. The van der Waals surface area contributed by atoms with Crippen LogP contribution in [0.2, 0.25) is 0 Å². The van der Waals surface area contributed by atoms with Gasteiger partial charge >= 0.3 is 0 Å². The molecule has 3 heteroatoms. The van der Waals surface area contributed by atoms with Crippen molar-refractivity contribution in [3.05, 3.63) is 24.0 Å². The first-order valence-electron chi connectivity index (χ1n) is 5.22. The average molecular weight is 197 g/mol. The molecule has 0 amide bonds. The summed E-state index contributed by atoms with van der Waals surface area (Å²) in [5.41, 5.74) is 12.2. The zero-order valence-corrected chi connectivity index (χ0v) is 9.37. The molecule has 0 aromatic rings. The Balaban J connectivity index is 3.84. The van der Waals surface area contributed by atoms with Crippen molar-refractivity contribution in [1.82, 2.24) is 4.90 Å². The molecule has 0 aromatic carbocycles. The summed E-state index contributed by atoms with van der Waals surface area (Å²) in [6, 6.07) is 0. The largest absolute Gasteiger partial charge is 0.402 e. The molecule has 3 nitrogen and oxygen atoms in total. The third kappa shape index (κ3) is 6.54. The first kappa shape index (κ1) is 13.0. The molecule has 0 aliphatic rings. The highest BCUT2D eigenvalue weighted by atomic mass is 15.1. The van der Waals surface area contributed by atoms with Crippen molar-refractivity contribution < 1.29 is 0 Å². The van der Waals surface area contributed by atoms with Gasteiger partial charge in [-0.1, -0.05) is 12.2 Å². The van der Waals surface area contributed by atoms with E-state index < -0.39 is 0 Å². The fourth-order valence-electron chi connectivity index (χ4n) is 1.18. The maximum Gasteiger partial charge on any atom is 0.0226 e. The fourth-order valence-corrected chi connectivity index (χ4v) is 1.18. The van der Waals surface area contributed by atoms with E-state index >= 15 is 0 Å². The average Bonchev–Trinajstić information content (AvgIpc) is 2.21. The van der Waals surface area contributed by atoms with Crippen molar-refractivity contribution in [2.24, 2.45) is 11.5 Å². The smallest absolute Gasteiger partial charge is 0.0226 e. The normalized spacial score (nSPS) is 12.4. The quantitative estimate of drug-likeness (QED) is 0.649. The predicted molar refractivity (Wildman–Crippen MR) is 62.6 cm³/mol. The van der Waals surface area contributed by atoms with Crippen LogP contribution in [-0.2, 0) is 0 Å². The molecule has 0 saturated carbocycles. The molecule has 0 unspecified atom stereocenters. The molecule has 0 atom stereocenters. The van der Waals surface area contributed by atoms with E-state index in [1.165, 1.54) is 0 Å². The van der Waals surface area contributed by atoms with Gasteiger partial charge in [-0.2, -0.15) is 0 Å². The summed E-state index contributed by atoms with van der Waals surface area (Å²) in [6.45, 7) is 6.72. The molecule has 0 bridgehead atoms. The van der Waals surface area contributed by atoms with Crippen molar-refractivity contribution >= 4 is 0 Å². The summed E-state index contributed by atoms with van der Waals surface area (Å²) < 4.78 is 0. The van der Waals surface area contributed by atoms with Gasteiger partial charge in [-0.05, 0) is 33.0 Å². The van der Waals surface area contributed by atoms with Gasteiger partial charge < -0.3 is 16.4 Å². The van der Waals surface area contributed by atoms with Crippen LogP contribution in [0.15, 0.2) is 24.0 Å².